The maximum Gasteiger partial charge on any atom is 0.247 e. The SMILES string of the molecule is C=CC(=O)Nc1cccc(-c2cccc3cnc(Nc4ccc(CC5CCN(C)CC5F)cc4)nc23)c1. The van der Waals surface area contributed by atoms with E-state index >= 15 is 0 Å². The molecule has 2 heterocycles. The van der Waals surface area contributed by atoms with Crippen LogP contribution in [-0.4, -0.2) is 47.1 Å². The van der Waals surface area contributed by atoms with Crippen molar-refractivity contribution < 1.29 is 9.18 Å². The van der Waals surface area contributed by atoms with Crippen LogP contribution in [0.4, 0.5) is 21.7 Å². The number of nitrogens with one attached hydrogen (secondary N) is 2. The number of halogens is 1. The number of alkyl halides is 1. The van der Waals surface area contributed by atoms with Gasteiger partial charge < -0.3 is 15.5 Å². The van der Waals surface area contributed by atoms with Crippen LogP contribution in [0.25, 0.3) is 22.0 Å². The van der Waals surface area contributed by atoms with Gasteiger partial charge in [0.15, 0.2) is 0 Å². The van der Waals surface area contributed by atoms with Gasteiger partial charge in [-0.2, -0.15) is 0 Å². The summed E-state index contributed by atoms with van der Waals surface area (Å²) in [5.74, 6) is 0.301. The van der Waals surface area contributed by atoms with E-state index in [0.717, 1.165) is 52.7 Å². The van der Waals surface area contributed by atoms with Crippen molar-refractivity contribution in [2.45, 2.75) is 19.0 Å². The Kier molecular flexibility index (Phi) is 7.23. The Labute approximate surface area is 216 Å². The summed E-state index contributed by atoms with van der Waals surface area (Å²) in [6, 6.07) is 21.6. The van der Waals surface area contributed by atoms with Crippen molar-refractivity contribution in [2.24, 2.45) is 5.92 Å². The molecule has 2 unspecified atom stereocenters. The third-order valence-electron chi connectivity index (χ3n) is 6.82. The van der Waals surface area contributed by atoms with Gasteiger partial charge in [0.05, 0.1) is 5.52 Å². The number of anilines is 3. The molecule has 3 aromatic carbocycles. The van der Waals surface area contributed by atoms with E-state index in [1.807, 2.05) is 73.8 Å². The van der Waals surface area contributed by atoms with E-state index in [0.29, 0.717) is 18.2 Å². The maximum atomic E-state index is 14.4. The van der Waals surface area contributed by atoms with Crippen LogP contribution in [0.3, 0.4) is 0 Å². The zero-order valence-electron chi connectivity index (χ0n) is 20.8. The summed E-state index contributed by atoms with van der Waals surface area (Å²) in [6.07, 6.45) is 3.89. The predicted octanol–water partition coefficient (Wildman–Crippen LogP) is 6.00. The van der Waals surface area contributed by atoms with E-state index in [1.165, 1.54) is 6.08 Å². The van der Waals surface area contributed by atoms with E-state index in [-0.39, 0.29) is 11.8 Å². The Balaban J connectivity index is 1.34. The van der Waals surface area contributed by atoms with Gasteiger partial charge in [-0.1, -0.05) is 49.0 Å². The number of rotatable bonds is 7. The zero-order chi connectivity index (χ0) is 25.8. The second-order valence-corrected chi connectivity index (χ2v) is 9.56. The number of likely N-dealkylation sites (tertiary alicyclic amines) is 1. The van der Waals surface area contributed by atoms with Crippen molar-refractivity contribution in [3.63, 3.8) is 0 Å². The lowest BCUT2D eigenvalue weighted by atomic mass is 9.89. The van der Waals surface area contributed by atoms with Gasteiger partial charge in [0.25, 0.3) is 0 Å². The fourth-order valence-corrected chi connectivity index (χ4v) is 4.80. The summed E-state index contributed by atoms with van der Waals surface area (Å²) in [6.45, 7) is 4.96. The second-order valence-electron chi connectivity index (χ2n) is 9.56. The normalized spacial score (nSPS) is 17.9. The molecule has 6 nitrogen and oxygen atoms in total. The summed E-state index contributed by atoms with van der Waals surface area (Å²) in [5.41, 5.74) is 5.36. The number of nitrogens with zero attached hydrogens (tertiary/aromatic N) is 3. The number of hydrogen-bond acceptors (Lipinski definition) is 5. The van der Waals surface area contributed by atoms with Crippen LogP contribution in [-0.2, 0) is 11.2 Å². The van der Waals surface area contributed by atoms with E-state index in [2.05, 4.69) is 27.1 Å². The van der Waals surface area contributed by atoms with Gasteiger partial charge in [-0.3, -0.25) is 4.79 Å². The molecule has 0 aliphatic carbocycles. The summed E-state index contributed by atoms with van der Waals surface area (Å²) in [4.78, 5) is 23.1. The average Bonchev–Trinajstić information content (AvgIpc) is 2.91. The highest BCUT2D eigenvalue weighted by Gasteiger charge is 2.27. The smallest absolute Gasteiger partial charge is 0.247 e. The number of fused-ring (bicyclic) bond motifs is 1. The standard InChI is InChI=1S/C30H30FN5O/c1-3-28(37)33-25-8-4-6-21(17-25)26-9-5-7-23-18-32-30(35-29(23)26)34-24-12-10-20(11-13-24)16-22-14-15-36(2)19-27(22)31/h3-13,17-18,22,27H,1,14-16,19H2,2H3,(H,33,37)(H,32,34,35). The van der Waals surface area contributed by atoms with E-state index in [9.17, 15) is 9.18 Å². The van der Waals surface area contributed by atoms with E-state index in [4.69, 9.17) is 4.98 Å². The van der Waals surface area contributed by atoms with Gasteiger partial charge in [-0.15, -0.1) is 0 Å². The van der Waals surface area contributed by atoms with Gasteiger partial charge in [-0.25, -0.2) is 14.4 Å². The molecule has 0 spiro atoms. The minimum Gasteiger partial charge on any atom is -0.324 e. The minimum absolute atomic E-state index is 0.0702. The predicted molar refractivity (Wildman–Crippen MR) is 148 cm³/mol. The summed E-state index contributed by atoms with van der Waals surface area (Å²) >= 11 is 0. The number of carbonyl (C=O) groups is 1. The molecule has 7 heteroatoms. The first-order chi connectivity index (χ1) is 18.0. The number of benzene rings is 3. The Morgan fingerprint density at radius 3 is 2.73 bits per heavy atom. The number of carbonyl (C=O) groups excluding carboxylic acids is 1. The second kappa shape index (κ2) is 10.9. The number of hydrogen-bond donors (Lipinski definition) is 2. The van der Waals surface area contributed by atoms with Crippen LogP contribution >= 0.6 is 0 Å². The number of amides is 1. The Bertz CT molecular complexity index is 1420. The largest absolute Gasteiger partial charge is 0.324 e. The molecule has 5 rings (SSSR count). The molecule has 2 N–H and O–H groups in total. The van der Waals surface area contributed by atoms with Crippen LogP contribution in [0.1, 0.15) is 12.0 Å². The molecule has 188 valence electrons. The maximum absolute atomic E-state index is 14.4. The first kappa shape index (κ1) is 24.6. The number of para-hydroxylation sites is 1. The Morgan fingerprint density at radius 2 is 1.95 bits per heavy atom. The van der Waals surface area contributed by atoms with Crippen LogP contribution < -0.4 is 10.6 Å². The Hall–Kier alpha value is -4.10. The van der Waals surface area contributed by atoms with Gasteiger partial charge in [0.1, 0.15) is 6.17 Å². The van der Waals surface area contributed by atoms with Crippen LogP contribution in [0.5, 0.6) is 0 Å². The highest BCUT2D eigenvalue weighted by molar-refractivity contribution is 6.00. The van der Waals surface area contributed by atoms with Gasteiger partial charge in [0, 0.05) is 35.1 Å². The van der Waals surface area contributed by atoms with Crippen molar-refractivity contribution >= 4 is 34.1 Å². The first-order valence-electron chi connectivity index (χ1n) is 12.5. The Morgan fingerprint density at radius 1 is 1.14 bits per heavy atom. The zero-order valence-corrected chi connectivity index (χ0v) is 20.8. The van der Waals surface area contributed by atoms with Crippen molar-refractivity contribution in [1.82, 2.24) is 14.9 Å². The summed E-state index contributed by atoms with van der Waals surface area (Å²) in [7, 11) is 1.97. The van der Waals surface area contributed by atoms with Crippen LogP contribution in [0.2, 0.25) is 0 Å². The molecule has 37 heavy (non-hydrogen) atoms. The van der Waals surface area contributed by atoms with E-state index in [1.54, 1.807) is 6.20 Å². The fourth-order valence-electron chi connectivity index (χ4n) is 4.80. The lowest BCUT2D eigenvalue weighted by Gasteiger charge is -2.32. The molecule has 1 aliphatic heterocycles. The highest BCUT2D eigenvalue weighted by atomic mass is 19.1. The lowest BCUT2D eigenvalue weighted by molar-refractivity contribution is -0.111. The number of piperidine rings is 1. The molecule has 4 aromatic rings. The molecular formula is C30H30FN5O. The average molecular weight is 496 g/mol. The van der Waals surface area contributed by atoms with Crippen molar-refractivity contribution in [3.8, 4) is 11.1 Å². The van der Waals surface area contributed by atoms with Crippen LogP contribution in [0, 0.1) is 5.92 Å². The monoisotopic (exact) mass is 495 g/mol. The van der Waals surface area contributed by atoms with E-state index < -0.39 is 6.17 Å². The lowest BCUT2D eigenvalue weighted by Crippen LogP contribution is -2.40. The molecule has 1 saturated heterocycles. The fraction of sp³-hybridized carbons (Fsp3) is 0.233. The summed E-state index contributed by atoms with van der Waals surface area (Å²) in [5, 5.41) is 7.01. The molecular weight excluding hydrogens is 465 g/mol. The van der Waals surface area contributed by atoms with Gasteiger partial charge in [0.2, 0.25) is 11.9 Å². The molecule has 1 aromatic heterocycles. The third-order valence-corrected chi connectivity index (χ3v) is 6.82. The molecule has 0 bridgehead atoms. The van der Waals surface area contributed by atoms with Crippen LogP contribution in [0.15, 0.2) is 85.6 Å². The quantitative estimate of drug-likeness (QED) is 0.308. The van der Waals surface area contributed by atoms with Crippen molar-refractivity contribution in [2.75, 3.05) is 30.8 Å². The molecule has 2 atom stereocenters. The topological polar surface area (TPSA) is 70.2 Å². The molecule has 1 fully saturated rings. The summed E-state index contributed by atoms with van der Waals surface area (Å²) < 4.78 is 14.4. The third kappa shape index (κ3) is 5.84. The van der Waals surface area contributed by atoms with Gasteiger partial charge in [-0.05, 0) is 73.8 Å². The highest BCUT2D eigenvalue weighted by Crippen LogP contribution is 2.30. The molecule has 0 radical (unpaired) electrons. The molecule has 1 amide bonds. The minimum atomic E-state index is -0.782. The van der Waals surface area contributed by atoms with Crippen molar-refractivity contribution in [3.05, 3.63) is 91.1 Å². The molecule has 0 saturated carbocycles. The molecule has 1 aliphatic rings. The van der Waals surface area contributed by atoms with Crippen molar-refractivity contribution in [1.29, 1.82) is 0 Å². The first-order valence-corrected chi connectivity index (χ1v) is 12.5. The van der Waals surface area contributed by atoms with Gasteiger partial charge >= 0.3 is 0 Å². The number of aromatic nitrogens is 2.